The highest BCUT2D eigenvalue weighted by Crippen LogP contribution is 2.41. The van der Waals surface area contributed by atoms with Gasteiger partial charge >= 0.3 is 22.8 Å². The lowest BCUT2D eigenvalue weighted by molar-refractivity contribution is 0.0600. The average Bonchev–Trinajstić information content (AvgIpc) is 0.751. The van der Waals surface area contributed by atoms with E-state index in [4.69, 9.17) is 34.3 Å². The number of hydrogen-bond donors (Lipinski definition) is 3. The Bertz CT molecular complexity index is 6050. The lowest BCUT2D eigenvalue weighted by atomic mass is 10.1. The van der Waals surface area contributed by atoms with Gasteiger partial charge in [0.05, 0.1) is 56.0 Å². The quantitative estimate of drug-likeness (QED) is 0.0676. The van der Waals surface area contributed by atoms with E-state index in [1.54, 1.807) is 154 Å². The number of carbonyl (C=O) groups is 1. The van der Waals surface area contributed by atoms with Gasteiger partial charge < -0.3 is 51.7 Å². The lowest BCUT2D eigenvalue weighted by Gasteiger charge is -2.14. The van der Waals surface area contributed by atoms with Crippen molar-refractivity contribution < 1.29 is 42.8 Å². The molecule has 22 heteroatoms. The van der Waals surface area contributed by atoms with Crippen molar-refractivity contribution in [3.05, 3.63) is 326 Å². The molecule has 3 N–H and O–H groups in total. The first-order valence-corrected chi connectivity index (χ1v) is 33.6. The summed E-state index contributed by atoms with van der Waals surface area (Å²) in [5, 5.41) is 35.4. The zero-order valence-electron chi connectivity index (χ0n) is 52.8. The van der Waals surface area contributed by atoms with Gasteiger partial charge in [-0.1, -0.05) is 180 Å². The number of aromatic nitrogens is 3. The van der Waals surface area contributed by atoms with Crippen LogP contribution in [-0.2, 0) is 24.4 Å². The van der Waals surface area contributed by atoms with Crippen LogP contribution in [0.2, 0.25) is 5.02 Å². The highest BCUT2D eigenvalue weighted by atomic mass is 35.5. The van der Waals surface area contributed by atoms with E-state index in [1.165, 1.54) is 7.11 Å². The maximum absolute atomic E-state index is 13.6. The Balaban J connectivity index is 0.000000135. The molecule has 6 aromatic heterocycles. The number of carbonyl (C=O) groups excluding carboxylic acids is 1. The third-order valence-corrected chi connectivity index (χ3v) is 19.6. The van der Waals surface area contributed by atoms with Crippen molar-refractivity contribution in [2.75, 3.05) is 14.2 Å². The second kappa shape index (κ2) is 29.1. The summed E-state index contributed by atoms with van der Waals surface area (Å²) < 4.78 is 31.4. The van der Waals surface area contributed by atoms with E-state index in [2.05, 4.69) is 0 Å². The number of benzene rings is 9. The van der Waals surface area contributed by atoms with Gasteiger partial charge in [0.2, 0.25) is 0 Å². The number of fused-ring (bicyclic) bond motifs is 9. The van der Waals surface area contributed by atoms with Crippen molar-refractivity contribution in [3.8, 4) is 23.0 Å². The smallest absolute Gasteiger partial charge is 0.354 e. The molecule has 0 radical (unpaired) electrons. The monoisotopic (exact) mass is 1400 g/mol. The van der Waals surface area contributed by atoms with Gasteiger partial charge in [-0.25, -0.2) is 19.2 Å². The third-order valence-electron chi connectivity index (χ3n) is 16.2. The molecule has 496 valence electrons. The normalized spacial score (nSPS) is 11.2. The van der Waals surface area contributed by atoms with Crippen molar-refractivity contribution >= 4 is 118 Å². The number of halogens is 1. The highest BCUT2D eigenvalue weighted by molar-refractivity contribution is 8.00. The summed E-state index contributed by atoms with van der Waals surface area (Å²) in [7, 11) is 2.86. The van der Waals surface area contributed by atoms with E-state index in [1.807, 2.05) is 103 Å². The van der Waals surface area contributed by atoms with E-state index in [0.29, 0.717) is 76.8 Å². The molecule has 0 unspecified atom stereocenters. The highest BCUT2D eigenvalue weighted by Gasteiger charge is 2.26. The number of para-hydroxylation sites is 3. The Morgan fingerprint density at radius 1 is 0.400 bits per heavy atom. The molecule has 0 atom stereocenters. The minimum atomic E-state index is -0.762. The number of pyridine rings is 3. The molecule has 0 aliphatic carbocycles. The van der Waals surface area contributed by atoms with Crippen LogP contribution in [0.4, 0.5) is 0 Å². The number of hydrogen-bond acceptors (Lipinski definition) is 18. The van der Waals surface area contributed by atoms with Crippen molar-refractivity contribution in [2.24, 2.45) is 0 Å². The SMILES string of the molecule is COC(=O)c1ccc(Sc2c(O)c3c(=O)n(Cc4ccccc4)c4ccccc4c3oc2=O)cc1.COc1ccc(Sc2c(O)c3c(=O)n(Cc4ccccc4)c4ccccc4c3oc2=O)cc1.O=c1oc2c(c(O)c1Sc1cccc(Cl)c1)c(=O)n(Cc1ccccc1)c1ccccc21. The molecule has 0 amide bonds. The van der Waals surface area contributed by atoms with Gasteiger partial charge in [-0.05, 0) is 120 Å². The Kier molecular flexibility index (Phi) is 19.5. The average molecular weight is 1400 g/mol. The number of methoxy groups -OCH3 is 2. The molecule has 0 saturated carbocycles. The molecule has 6 heterocycles. The maximum Gasteiger partial charge on any atom is 0.354 e. The van der Waals surface area contributed by atoms with Gasteiger partial charge in [0.25, 0.3) is 16.7 Å². The van der Waals surface area contributed by atoms with E-state index in [-0.39, 0.29) is 59.9 Å². The standard InChI is InChI=1S/C27H19NO6S.C26H19NO5S.C25H16ClNO4S/c1-33-26(31)17-11-13-18(14-12-17)35-24-22(29)21-23(34-27(24)32)19-9-5-6-10-20(19)28(25(21)30)15-16-7-3-2-4-8-16;1-31-17-11-13-18(14-12-17)33-24-22(28)21-23(32-26(24)30)19-9-5-6-10-20(19)27(25(21)29)15-16-7-3-2-4-8-16;26-16-9-6-10-17(13-16)32-23-21(28)20-22(31-25(23)30)18-11-4-5-12-19(18)27(24(20)29)14-15-7-2-1-3-8-15/h2-14,29H,15H2,1H3;2-14,28H,15H2,1H3;1-13,28H,14H2. The third kappa shape index (κ3) is 13.5. The summed E-state index contributed by atoms with van der Waals surface area (Å²) in [6.07, 6.45) is 0. The van der Waals surface area contributed by atoms with Crippen molar-refractivity contribution in [2.45, 2.75) is 49.0 Å². The minimum absolute atomic E-state index is 0.0137. The number of aromatic hydroxyl groups is 3. The molecule has 0 spiro atoms. The predicted octanol–water partition coefficient (Wildman–Crippen LogP) is 15.5. The van der Waals surface area contributed by atoms with Crippen LogP contribution in [0.5, 0.6) is 23.0 Å². The molecular formula is C78H54ClN3O15S3. The van der Waals surface area contributed by atoms with Gasteiger partial charge in [0.1, 0.15) is 36.6 Å². The molecule has 0 fully saturated rings. The molecule has 0 saturated heterocycles. The fourth-order valence-corrected chi connectivity index (χ4v) is 14.3. The molecule has 0 bridgehead atoms. The summed E-state index contributed by atoms with van der Waals surface area (Å²) in [6.45, 7) is 0.910. The summed E-state index contributed by atoms with van der Waals surface area (Å²) >= 11 is 9.04. The first kappa shape index (κ1) is 66.8. The summed E-state index contributed by atoms with van der Waals surface area (Å²) in [5.41, 5.74) is 1.67. The van der Waals surface area contributed by atoms with Crippen LogP contribution in [-0.4, -0.2) is 49.2 Å². The Morgan fingerprint density at radius 3 is 1.07 bits per heavy atom. The molecule has 15 rings (SSSR count). The predicted molar refractivity (Wildman–Crippen MR) is 389 cm³/mol. The van der Waals surface area contributed by atoms with Crippen molar-refractivity contribution in [1.82, 2.24) is 13.7 Å². The first-order valence-electron chi connectivity index (χ1n) is 30.7. The van der Waals surface area contributed by atoms with Crippen LogP contribution < -0.4 is 38.3 Å². The molecule has 0 aliphatic heterocycles. The number of nitrogens with zero attached hydrogens (tertiary/aromatic N) is 3. The number of rotatable bonds is 14. The van der Waals surface area contributed by atoms with Crippen LogP contribution in [0.1, 0.15) is 27.0 Å². The molecule has 9 aromatic carbocycles. The molecular weight excluding hydrogens is 1350 g/mol. The lowest BCUT2D eigenvalue weighted by Crippen LogP contribution is -2.22. The van der Waals surface area contributed by atoms with Crippen LogP contribution >= 0.6 is 46.9 Å². The zero-order valence-corrected chi connectivity index (χ0v) is 56.0. The first-order chi connectivity index (χ1) is 48.6. The van der Waals surface area contributed by atoms with E-state index < -0.39 is 51.0 Å². The van der Waals surface area contributed by atoms with Crippen LogP contribution in [0.3, 0.4) is 0 Å². The summed E-state index contributed by atoms with van der Waals surface area (Å²) in [6, 6.07) is 70.4. The summed E-state index contributed by atoms with van der Waals surface area (Å²) in [4.78, 5) is 92.6. The van der Waals surface area contributed by atoms with Gasteiger partial charge in [-0.3, -0.25) is 14.4 Å². The number of esters is 1. The molecule has 100 heavy (non-hydrogen) atoms. The second-order valence-corrected chi connectivity index (χ2v) is 26.1. The molecule has 18 nitrogen and oxygen atoms in total. The van der Waals surface area contributed by atoms with Gasteiger partial charge in [0.15, 0.2) is 34.0 Å². The van der Waals surface area contributed by atoms with Crippen LogP contribution in [0, 0.1) is 0 Å². The van der Waals surface area contributed by atoms with E-state index in [0.717, 1.165) is 52.0 Å². The fraction of sp³-hybridized carbons (Fsp3) is 0.0641. The van der Waals surface area contributed by atoms with Crippen LogP contribution in [0.25, 0.3) is 65.6 Å². The topological polar surface area (TPSA) is 253 Å². The second-order valence-electron chi connectivity index (χ2n) is 22.5. The molecule has 0 aliphatic rings. The minimum Gasteiger partial charge on any atom is -0.505 e. The zero-order chi connectivity index (χ0) is 69.7. The van der Waals surface area contributed by atoms with E-state index >= 15 is 0 Å². The summed E-state index contributed by atoms with van der Waals surface area (Å²) in [5.74, 6) is -1.01. The van der Waals surface area contributed by atoms with Gasteiger partial charge in [-0.15, -0.1) is 0 Å². The Hall–Kier alpha value is -11.8. The van der Waals surface area contributed by atoms with Crippen LogP contribution in [0.15, 0.2) is 308 Å². The number of ether oxygens (including phenoxy) is 2. The van der Waals surface area contributed by atoms with E-state index in [9.17, 15) is 48.9 Å². The van der Waals surface area contributed by atoms with Crippen molar-refractivity contribution in [1.29, 1.82) is 0 Å². The Morgan fingerprint density at radius 2 is 0.730 bits per heavy atom. The Labute approximate surface area is 583 Å². The van der Waals surface area contributed by atoms with Crippen molar-refractivity contribution in [3.63, 3.8) is 0 Å². The van der Waals surface area contributed by atoms with Gasteiger partial charge in [-0.2, -0.15) is 0 Å². The van der Waals surface area contributed by atoms with Gasteiger partial charge in [0, 0.05) is 35.9 Å². The fourth-order valence-electron chi connectivity index (χ4n) is 11.5. The largest absolute Gasteiger partial charge is 0.505 e. The maximum atomic E-state index is 13.6. The molecule has 15 aromatic rings.